The molecular formula is C19H19N5S. The zero-order valence-corrected chi connectivity index (χ0v) is 15.2. The van der Waals surface area contributed by atoms with E-state index >= 15 is 0 Å². The zero-order valence-electron chi connectivity index (χ0n) is 14.4. The predicted octanol–water partition coefficient (Wildman–Crippen LogP) is 4.26. The molecule has 3 heterocycles. The van der Waals surface area contributed by atoms with Crippen molar-refractivity contribution in [2.45, 2.75) is 31.2 Å². The molecule has 3 aromatic heterocycles. The topological polar surface area (TPSA) is 58.9 Å². The number of rotatable bonds is 4. The quantitative estimate of drug-likeness (QED) is 0.559. The minimum Gasteiger partial charge on any atom is -0.340 e. The Morgan fingerprint density at radius 2 is 1.84 bits per heavy atom. The van der Waals surface area contributed by atoms with Crippen LogP contribution in [0.4, 0.5) is 0 Å². The summed E-state index contributed by atoms with van der Waals surface area (Å²) in [5.74, 6) is 0.791. The van der Waals surface area contributed by atoms with Crippen molar-refractivity contribution < 1.29 is 0 Å². The van der Waals surface area contributed by atoms with Gasteiger partial charge < -0.3 is 4.98 Å². The fourth-order valence-corrected chi connectivity index (χ4v) is 3.86. The first-order valence-corrected chi connectivity index (χ1v) is 9.04. The average molecular weight is 349 g/mol. The molecule has 0 radical (unpaired) electrons. The van der Waals surface area contributed by atoms with Crippen molar-refractivity contribution in [3.8, 4) is 0 Å². The number of aromatic amines is 1. The Balaban J connectivity index is 1.82. The third-order valence-corrected chi connectivity index (χ3v) is 5.26. The van der Waals surface area contributed by atoms with Crippen molar-refractivity contribution in [2.24, 2.45) is 0 Å². The van der Waals surface area contributed by atoms with Crippen LogP contribution in [-0.2, 0) is 0 Å². The van der Waals surface area contributed by atoms with E-state index in [2.05, 4.69) is 67.1 Å². The molecule has 0 saturated carbocycles. The van der Waals surface area contributed by atoms with Gasteiger partial charge in [-0.15, -0.1) is 5.10 Å². The van der Waals surface area contributed by atoms with Crippen molar-refractivity contribution >= 4 is 17.4 Å². The van der Waals surface area contributed by atoms with Gasteiger partial charge in [0.1, 0.15) is 0 Å². The summed E-state index contributed by atoms with van der Waals surface area (Å²) < 4.78 is 1.91. The van der Waals surface area contributed by atoms with Crippen LogP contribution in [0.3, 0.4) is 0 Å². The Morgan fingerprint density at radius 1 is 1.04 bits per heavy atom. The van der Waals surface area contributed by atoms with E-state index in [0.717, 1.165) is 27.9 Å². The second-order valence-corrected chi connectivity index (χ2v) is 7.31. The minimum atomic E-state index is -0.0219. The molecule has 0 aliphatic rings. The first-order valence-electron chi connectivity index (χ1n) is 8.17. The molecule has 1 atom stereocenters. The number of benzene rings is 1. The Hall–Kier alpha value is -2.60. The normalized spacial score (nSPS) is 12.6. The van der Waals surface area contributed by atoms with Gasteiger partial charge in [0.25, 0.3) is 0 Å². The molecule has 1 aromatic carbocycles. The second kappa shape index (κ2) is 6.37. The predicted molar refractivity (Wildman–Crippen MR) is 99.9 cm³/mol. The van der Waals surface area contributed by atoms with Gasteiger partial charge in [0.2, 0.25) is 0 Å². The van der Waals surface area contributed by atoms with Crippen molar-refractivity contribution in [3.63, 3.8) is 0 Å². The van der Waals surface area contributed by atoms with Crippen LogP contribution in [0.25, 0.3) is 5.65 Å². The lowest BCUT2D eigenvalue weighted by atomic mass is 10.1. The van der Waals surface area contributed by atoms with Gasteiger partial charge in [0.05, 0.1) is 5.25 Å². The third-order valence-electron chi connectivity index (χ3n) is 4.09. The van der Waals surface area contributed by atoms with Crippen LogP contribution in [0.5, 0.6) is 0 Å². The molecule has 0 aliphatic heterocycles. The molecule has 0 bridgehead atoms. The lowest BCUT2D eigenvalue weighted by Crippen LogP contribution is -2.01. The van der Waals surface area contributed by atoms with Gasteiger partial charge in [-0.1, -0.05) is 41.6 Å². The summed E-state index contributed by atoms with van der Waals surface area (Å²) in [6, 6.07) is 12.7. The molecule has 0 spiro atoms. The van der Waals surface area contributed by atoms with Crippen LogP contribution >= 0.6 is 11.8 Å². The molecular weight excluding hydrogens is 330 g/mol. The van der Waals surface area contributed by atoms with Crippen LogP contribution in [0.15, 0.2) is 53.9 Å². The van der Waals surface area contributed by atoms with Crippen molar-refractivity contribution in [3.05, 3.63) is 77.0 Å². The average Bonchev–Trinajstić information content (AvgIpc) is 3.23. The van der Waals surface area contributed by atoms with Crippen LogP contribution < -0.4 is 0 Å². The van der Waals surface area contributed by atoms with E-state index in [-0.39, 0.29) is 5.25 Å². The number of fused-ring (bicyclic) bond motifs is 1. The molecule has 0 saturated heterocycles. The summed E-state index contributed by atoms with van der Waals surface area (Å²) in [5.41, 5.74) is 5.55. The molecule has 6 heteroatoms. The van der Waals surface area contributed by atoms with Gasteiger partial charge in [0, 0.05) is 18.1 Å². The summed E-state index contributed by atoms with van der Waals surface area (Å²) in [4.78, 5) is 12.3. The molecule has 4 aromatic rings. The van der Waals surface area contributed by atoms with E-state index in [1.54, 1.807) is 18.0 Å². The lowest BCUT2D eigenvalue weighted by molar-refractivity contribution is 0.860. The Kier molecular flexibility index (Phi) is 4.05. The summed E-state index contributed by atoms with van der Waals surface area (Å²) in [6.45, 7) is 6.23. The highest BCUT2D eigenvalue weighted by Crippen LogP contribution is 2.37. The summed E-state index contributed by atoms with van der Waals surface area (Å²) in [6.07, 6.45) is 3.60. The first kappa shape index (κ1) is 15.9. The number of hydrogen-bond donors (Lipinski definition) is 1. The number of imidazole rings is 1. The number of thioether (sulfide) groups is 1. The number of aryl methyl sites for hydroxylation is 3. The fraction of sp³-hybridized carbons (Fsp3) is 0.211. The number of hydrogen-bond acceptors (Lipinski definition) is 4. The minimum absolute atomic E-state index is 0.0219. The molecule has 1 unspecified atom stereocenters. The highest BCUT2D eigenvalue weighted by atomic mass is 32.2. The Bertz CT molecular complexity index is 1000. The summed E-state index contributed by atoms with van der Waals surface area (Å²) in [5, 5.41) is 5.61. The Labute approximate surface area is 150 Å². The summed E-state index contributed by atoms with van der Waals surface area (Å²) >= 11 is 1.63. The number of pyridine rings is 1. The van der Waals surface area contributed by atoms with Gasteiger partial charge in [-0.2, -0.15) is 0 Å². The maximum atomic E-state index is 4.80. The third kappa shape index (κ3) is 3.17. The SMILES string of the molecule is Cc1ccc(C(Sc2ncc[nH]2)c2nc3cc(C)cc(C)n3n2)cc1. The van der Waals surface area contributed by atoms with Crippen molar-refractivity contribution in [2.75, 3.05) is 0 Å². The van der Waals surface area contributed by atoms with E-state index in [4.69, 9.17) is 10.1 Å². The molecule has 0 aliphatic carbocycles. The number of nitrogens with zero attached hydrogens (tertiary/aromatic N) is 4. The van der Waals surface area contributed by atoms with E-state index in [0.29, 0.717) is 0 Å². The van der Waals surface area contributed by atoms with Gasteiger partial charge in [-0.05, 0) is 44.0 Å². The van der Waals surface area contributed by atoms with E-state index < -0.39 is 0 Å². The molecule has 1 N–H and O–H groups in total. The monoisotopic (exact) mass is 349 g/mol. The molecule has 25 heavy (non-hydrogen) atoms. The standard InChI is InChI=1S/C19H19N5S/c1-12-4-6-15(7-5-12)17(25-19-20-8-9-21-19)18-22-16-11-13(2)10-14(3)24(16)23-18/h4-11,17H,1-3H3,(H,20,21). The van der Waals surface area contributed by atoms with Gasteiger partial charge in [-0.3, -0.25) is 0 Å². The van der Waals surface area contributed by atoms with E-state index in [1.807, 2.05) is 10.7 Å². The number of aromatic nitrogens is 5. The van der Waals surface area contributed by atoms with Crippen LogP contribution in [0.2, 0.25) is 0 Å². The molecule has 126 valence electrons. The highest BCUT2D eigenvalue weighted by molar-refractivity contribution is 7.99. The fourth-order valence-electron chi connectivity index (χ4n) is 2.88. The lowest BCUT2D eigenvalue weighted by Gasteiger charge is -2.12. The maximum Gasteiger partial charge on any atom is 0.169 e. The van der Waals surface area contributed by atoms with Gasteiger partial charge in [-0.25, -0.2) is 14.5 Å². The van der Waals surface area contributed by atoms with Crippen molar-refractivity contribution in [1.82, 2.24) is 24.6 Å². The summed E-state index contributed by atoms with van der Waals surface area (Å²) in [7, 11) is 0. The zero-order chi connectivity index (χ0) is 17.4. The molecule has 0 amide bonds. The highest BCUT2D eigenvalue weighted by Gasteiger charge is 2.22. The van der Waals surface area contributed by atoms with E-state index in [9.17, 15) is 0 Å². The van der Waals surface area contributed by atoms with Crippen LogP contribution in [0, 0.1) is 20.8 Å². The first-order chi connectivity index (χ1) is 12.1. The molecule has 5 nitrogen and oxygen atoms in total. The molecule has 4 rings (SSSR count). The van der Waals surface area contributed by atoms with Gasteiger partial charge >= 0.3 is 0 Å². The van der Waals surface area contributed by atoms with Gasteiger partial charge in [0.15, 0.2) is 16.6 Å². The largest absolute Gasteiger partial charge is 0.340 e. The molecule has 0 fully saturated rings. The van der Waals surface area contributed by atoms with E-state index in [1.165, 1.54) is 11.1 Å². The van der Waals surface area contributed by atoms with Crippen LogP contribution in [-0.4, -0.2) is 24.6 Å². The second-order valence-electron chi connectivity index (χ2n) is 6.22. The van der Waals surface area contributed by atoms with Crippen molar-refractivity contribution in [1.29, 1.82) is 0 Å². The smallest absolute Gasteiger partial charge is 0.169 e. The van der Waals surface area contributed by atoms with Crippen LogP contribution in [0.1, 0.15) is 33.5 Å². The number of nitrogens with one attached hydrogen (secondary N) is 1. The number of H-pyrrole nitrogens is 1. The Morgan fingerprint density at radius 3 is 2.56 bits per heavy atom. The maximum absolute atomic E-state index is 4.80.